The standard InChI is InChI=1S/C5H10N2S2/c1-7(2)3-6-5(8)9-4-7/h3-4H2,1-2H3/p+1. The molecule has 1 rings (SSSR count). The van der Waals surface area contributed by atoms with E-state index in [0.717, 1.165) is 21.3 Å². The second-order valence-corrected chi connectivity index (χ2v) is 4.45. The summed E-state index contributed by atoms with van der Waals surface area (Å²) in [5.74, 6) is 1.09. The van der Waals surface area contributed by atoms with Crippen LogP contribution in [0.1, 0.15) is 0 Å². The van der Waals surface area contributed by atoms with E-state index in [0.29, 0.717) is 0 Å². The third-order valence-corrected chi connectivity index (χ3v) is 2.93. The summed E-state index contributed by atoms with van der Waals surface area (Å²) in [6.45, 7) is 0.964. The number of nitrogens with one attached hydrogen (secondary N) is 1. The lowest BCUT2D eigenvalue weighted by molar-refractivity contribution is -0.880. The molecule has 1 saturated heterocycles. The highest BCUT2D eigenvalue weighted by Gasteiger charge is 2.21. The molecule has 1 aliphatic rings. The first-order valence-electron chi connectivity index (χ1n) is 2.83. The molecule has 0 aromatic heterocycles. The molecule has 52 valence electrons. The summed E-state index contributed by atoms with van der Waals surface area (Å²) in [6, 6.07) is 0. The maximum absolute atomic E-state index is 4.95. The zero-order valence-corrected chi connectivity index (χ0v) is 7.31. The van der Waals surface area contributed by atoms with Gasteiger partial charge in [0, 0.05) is 0 Å². The average Bonchev–Trinajstić information content (AvgIpc) is 1.78. The minimum Gasteiger partial charge on any atom is -0.324 e. The Morgan fingerprint density at radius 1 is 1.67 bits per heavy atom. The van der Waals surface area contributed by atoms with E-state index < -0.39 is 0 Å². The van der Waals surface area contributed by atoms with Crippen LogP contribution in [0.25, 0.3) is 0 Å². The fourth-order valence-electron chi connectivity index (χ4n) is 0.609. The van der Waals surface area contributed by atoms with E-state index in [2.05, 4.69) is 19.4 Å². The van der Waals surface area contributed by atoms with Gasteiger partial charge in [-0.15, -0.1) is 0 Å². The normalized spacial score (nSPS) is 25.3. The highest BCUT2D eigenvalue weighted by molar-refractivity contribution is 8.22. The number of hydrogen-bond acceptors (Lipinski definition) is 2. The van der Waals surface area contributed by atoms with Gasteiger partial charge in [0.05, 0.1) is 14.1 Å². The van der Waals surface area contributed by atoms with Gasteiger partial charge in [0.2, 0.25) is 0 Å². The van der Waals surface area contributed by atoms with Crippen LogP contribution >= 0.6 is 24.0 Å². The highest BCUT2D eigenvalue weighted by Crippen LogP contribution is 2.13. The molecule has 0 saturated carbocycles. The predicted molar refractivity (Wildman–Crippen MR) is 45.2 cm³/mol. The summed E-state index contributed by atoms with van der Waals surface area (Å²) in [5.41, 5.74) is 0. The van der Waals surface area contributed by atoms with Gasteiger partial charge in [-0.1, -0.05) is 12.2 Å². The quantitative estimate of drug-likeness (QED) is 0.415. The van der Waals surface area contributed by atoms with E-state index in [4.69, 9.17) is 12.2 Å². The molecule has 1 N–H and O–H groups in total. The van der Waals surface area contributed by atoms with Crippen molar-refractivity contribution in [1.29, 1.82) is 0 Å². The molecular weight excluding hydrogens is 152 g/mol. The van der Waals surface area contributed by atoms with Crippen molar-refractivity contribution in [2.45, 2.75) is 0 Å². The Kier molecular flexibility index (Phi) is 1.98. The van der Waals surface area contributed by atoms with E-state index >= 15 is 0 Å². The lowest BCUT2D eigenvalue weighted by atomic mass is 10.7. The van der Waals surface area contributed by atoms with Crippen molar-refractivity contribution in [2.75, 3.05) is 26.6 Å². The topological polar surface area (TPSA) is 12.0 Å². The summed E-state index contributed by atoms with van der Waals surface area (Å²) >= 11 is 6.67. The Morgan fingerprint density at radius 3 is 2.67 bits per heavy atom. The van der Waals surface area contributed by atoms with E-state index in [1.165, 1.54) is 0 Å². The van der Waals surface area contributed by atoms with E-state index in [1.54, 1.807) is 11.8 Å². The summed E-state index contributed by atoms with van der Waals surface area (Å²) in [6.07, 6.45) is 0. The Labute approximate surface area is 65.2 Å². The largest absolute Gasteiger partial charge is 0.324 e. The van der Waals surface area contributed by atoms with Crippen LogP contribution in [-0.4, -0.2) is 35.4 Å². The summed E-state index contributed by atoms with van der Waals surface area (Å²) in [7, 11) is 4.36. The summed E-state index contributed by atoms with van der Waals surface area (Å²) in [4.78, 5) is 0. The molecule has 2 nitrogen and oxygen atoms in total. The second-order valence-electron chi connectivity index (χ2n) is 2.83. The lowest BCUT2D eigenvalue weighted by Crippen LogP contribution is -2.51. The van der Waals surface area contributed by atoms with Gasteiger partial charge in [0.25, 0.3) is 0 Å². The maximum atomic E-state index is 4.95. The second kappa shape index (κ2) is 2.44. The highest BCUT2D eigenvalue weighted by atomic mass is 32.2. The minimum absolute atomic E-state index is 0.937. The molecule has 0 amide bonds. The molecule has 0 aliphatic carbocycles. The third kappa shape index (κ3) is 2.12. The number of thioether (sulfide) groups is 1. The monoisotopic (exact) mass is 163 g/mol. The molecule has 0 aromatic carbocycles. The Balaban J connectivity index is 2.44. The van der Waals surface area contributed by atoms with Crippen LogP contribution in [0, 0.1) is 0 Å². The molecular formula is C5H11N2S2+. The van der Waals surface area contributed by atoms with E-state index in [9.17, 15) is 0 Å². The molecule has 0 aromatic rings. The van der Waals surface area contributed by atoms with Gasteiger partial charge in [-0.2, -0.15) is 0 Å². The first kappa shape index (κ1) is 7.31. The number of rotatable bonds is 0. The van der Waals surface area contributed by atoms with Gasteiger partial charge in [0.15, 0.2) is 6.67 Å². The maximum Gasteiger partial charge on any atom is 0.153 e. The van der Waals surface area contributed by atoms with Crippen molar-refractivity contribution in [3.63, 3.8) is 0 Å². The van der Waals surface area contributed by atoms with E-state index in [1.807, 2.05) is 0 Å². The van der Waals surface area contributed by atoms with Crippen molar-refractivity contribution in [2.24, 2.45) is 0 Å². The molecule has 9 heavy (non-hydrogen) atoms. The first-order valence-corrected chi connectivity index (χ1v) is 4.22. The zero-order valence-electron chi connectivity index (χ0n) is 5.68. The van der Waals surface area contributed by atoms with Crippen LogP contribution in [0.4, 0.5) is 0 Å². The average molecular weight is 163 g/mol. The van der Waals surface area contributed by atoms with Crippen LogP contribution in [0.5, 0.6) is 0 Å². The Bertz CT molecular complexity index is 121. The molecule has 0 atom stereocenters. The van der Waals surface area contributed by atoms with Gasteiger partial charge in [0.1, 0.15) is 10.2 Å². The van der Waals surface area contributed by atoms with Crippen LogP contribution < -0.4 is 5.32 Å². The van der Waals surface area contributed by atoms with Crippen molar-refractivity contribution in [1.82, 2.24) is 5.32 Å². The predicted octanol–water partition coefficient (Wildman–Crippen LogP) is 0.599. The molecule has 1 heterocycles. The lowest BCUT2D eigenvalue weighted by Gasteiger charge is -2.33. The SMILES string of the molecule is C[N+]1(C)CNC(=S)SC1. The van der Waals surface area contributed by atoms with Gasteiger partial charge in [-0.25, -0.2) is 0 Å². The fourth-order valence-corrected chi connectivity index (χ4v) is 1.56. The smallest absolute Gasteiger partial charge is 0.153 e. The summed E-state index contributed by atoms with van der Waals surface area (Å²) in [5, 5.41) is 3.14. The molecule has 0 radical (unpaired) electrons. The fraction of sp³-hybridized carbons (Fsp3) is 0.800. The number of quaternary nitrogens is 1. The zero-order chi connectivity index (χ0) is 6.91. The molecule has 4 heteroatoms. The number of hydrogen-bond donors (Lipinski definition) is 1. The van der Waals surface area contributed by atoms with Crippen LogP contribution in [-0.2, 0) is 0 Å². The van der Waals surface area contributed by atoms with E-state index in [-0.39, 0.29) is 0 Å². The van der Waals surface area contributed by atoms with Crippen molar-refractivity contribution < 1.29 is 4.48 Å². The van der Waals surface area contributed by atoms with Crippen molar-refractivity contribution >= 4 is 28.3 Å². The Hall–Kier alpha value is 0.200. The van der Waals surface area contributed by atoms with Crippen LogP contribution in [0.2, 0.25) is 0 Å². The molecule has 0 bridgehead atoms. The molecule has 0 spiro atoms. The van der Waals surface area contributed by atoms with Gasteiger partial charge in [-0.3, -0.25) is 0 Å². The summed E-state index contributed by atoms with van der Waals surface area (Å²) < 4.78 is 1.94. The Morgan fingerprint density at radius 2 is 2.33 bits per heavy atom. The molecule has 1 aliphatic heterocycles. The van der Waals surface area contributed by atoms with Crippen molar-refractivity contribution in [3.8, 4) is 0 Å². The van der Waals surface area contributed by atoms with Gasteiger partial charge < -0.3 is 9.80 Å². The third-order valence-electron chi connectivity index (χ3n) is 1.20. The van der Waals surface area contributed by atoms with Crippen molar-refractivity contribution in [3.05, 3.63) is 0 Å². The van der Waals surface area contributed by atoms with Crippen LogP contribution in [0.3, 0.4) is 0 Å². The first-order chi connectivity index (χ1) is 4.10. The molecule has 0 unspecified atom stereocenters. The van der Waals surface area contributed by atoms with Gasteiger partial charge >= 0.3 is 0 Å². The number of thiocarbonyl (C=S) groups is 1. The minimum atomic E-state index is 0.937. The number of nitrogens with zero attached hydrogens (tertiary/aromatic N) is 1. The van der Waals surface area contributed by atoms with Crippen LogP contribution in [0.15, 0.2) is 0 Å². The molecule has 1 fully saturated rings. The van der Waals surface area contributed by atoms with Gasteiger partial charge in [-0.05, 0) is 11.8 Å².